The molecule has 22 heteroatoms. The largest absolute Gasteiger partial charge is 0.567 e. The van der Waals surface area contributed by atoms with Gasteiger partial charge in [0.2, 0.25) is 0 Å². The Balaban J connectivity index is 3.40. The molecule has 1 heterocycles. The van der Waals surface area contributed by atoms with E-state index in [-0.39, 0.29) is 0 Å². The zero-order valence-corrected chi connectivity index (χ0v) is 17.7. The van der Waals surface area contributed by atoms with Crippen molar-refractivity contribution in [1.82, 2.24) is 0 Å². The Morgan fingerprint density at radius 1 is 0.828 bits per heavy atom. The lowest BCUT2D eigenvalue weighted by atomic mass is 9.99. The lowest BCUT2D eigenvalue weighted by Gasteiger charge is -2.43. The van der Waals surface area contributed by atoms with Crippen LogP contribution in [0.5, 0.6) is 0 Å². The fraction of sp³-hybridized carbons (Fsp3) is 1.00. The first kappa shape index (κ1) is 27.6. The van der Waals surface area contributed by atoms with Crippen molar-refractivity contribution in [2.45, 2.75) is 30.7 Å². The van der Waals surface area contributed by atoms with Gasteiger partial charge in [-0.1, -0.05) is 0 Å². The molecule has 9 N–H and O–H groups in total. The molecule has 0 amide bonds. The quantitative estimate of drug-likeness (QED) is 0.135. The molecule has 29 heavy (non-hydrogen) atoms. The SMILES string of the molecule is CO[C@H]1OC(COP(=O)(O)O)[C@@H](OP(=O)(O)O)C(OP(=O)(O)O)[C@@H]1O[P+](O)(O)O. The summed E-state index contributed by atoms with van der Waals surface area (Å²) in [6, 6.07) is 0. The fourth-order valence-corrected chi connectivity index (χ4v) is 4.23. The van der Waals surface area contributed by atoms with Crippen molar-refractivity contribution in [3.63, 3.8) is 0 Å². The van der Waals surface area contributed by atoms with Crippen molar-refractivity contribution in [1.29, 1.82) is 0 Å². The number of phosphoric ester groups is 3. The van der Waals surface area contributed by atoms with Crippen molar-refractivity contribution in [2.75, 3.05) is 13.7 Å². The number of phosphoric acid groups is 3. The van der Waals surface area contributed by atoms with Crippen LogP contribution in [0.3, 0.4) is 0 Å². The maximum absolute atomic E-state index is 11.3. The molecule has 1 aliphatic heterocycles. The highest BCUT2D eigenvalue weighted by Crippen LogP contribution is 2.53. The third kappa shape index (κ3) is 10.6. The molecule has 0 spiro atoms. The Kier molecular flexibility index (Phi) is 9.48. The molecule has 0 bridgehead atoms. The molecule has 0 saturated carbocycles. The highest BCUT2D eigenvalue weighted by Gasteiger charge is 2.57. The van der Waals surface area contributed by atoms with Gasteiger partial charge in [0.05, 0.1) is 6.61 Å². The van der Waals surface area contributed by atoms with E-state index >= 15 is 0 Å². The van der Waals surface area contributed by atoms with E-state index in [1.807, 2.05) is 0 Å². The van der Waals surface area contributed by atoms with E-state index in [9.17, 15) is 13.7 Å². The molecule has 0 aromatic carbocycles. The molecule has 0 aromatic rings. The van der Waals surface area contributed by atoms with Gasteiger partial charge in [-0.3, -0.25) is 13.6 Å². The smallest absolute Gasteiger partial charge is 0.353 e. The molecule has 1 saturated heterocycles. The van der Waals surface area contributed by atoms with Gasteiger partial charge in [-0.25, -0.2) is 13.7 Å². The molecule has 1 rings (SSSR count). The summed E-state index contributed by atoms with van der Waals surface area (Å²) < 4.78 is 60.5. The Morgan fingerprint density at radius 3 is 1.69 bits per heavy atom. The maximum atomic E-state index is 11.3. The van der Waals surface area contributed by atoms with Gasteiger partial charge in [-0.05, 0) is 0 Å². The van der Waals surface area contributed by atoms with E-state index in [1.165, 1.54) is 0 Å². The molecule has 18 nitrogen and oxygen atoms in total. The lowest BCUT2D eigenvalue weighted by molar-refractivity contribution is -0.285. The number of rotatable bonds is 10. The van der Waals surface area contributed by atoms with Crippen molar-refractivity contribution in [3.05, 3.63) is 0 Å². The second-order valence-electron chi connectivity index (χ2n) is 5.27. The average molecular weight is 515 g/mol. The summed E-state index contributed by atoms with van der Waals surface area (Å²) in [4.78, 5) is 81.1. The molecule has 1 aliphatic rings. The third-order valence-electron chi connectivity index (χ3n) is 3.01. The molecule has 2 unspecified atom stereocenters. The number of hydrogen-bond acceptors (Lipinski definition) is 12. The van der Waals surface area contributed by atoms with Crippen LogP contribution in [0.15, 0.2) is 0 Å². The zero-order valence-electron chi connectivity index (χ0n) is 14.1. The molecule has 5 atom stereocenters. The predicted molar refractivity (Wildman–Crippen MR) is 85.9 cm³/mol. The minimum absolute atomic E-state index is 0.896. The standard InChI is InChI=1S/C7H18O18P4/c1-20-7-6(25-29(17,18)19)5(24-28(14,15)16)4(23-27(11,12)13)3(22-7)2-21-26(8,9)10/h3-7,17-19H,2H2,1H3,(H5-,8,9,10,11,12,13,14,15,16)/p+1/t3?,4-,5?,6+,7+/m1/s1. The second kappa shape index (κ2) is 9.98. The van der Waals surface area contributed by atoms with Gasteiger partial charge < -0.3 is 38.8 Å². The van der Waals surface area contributed by atoms with Crippen LogP contribution in [0.2, 0.25) is 0 Å². The fourth-order valence-electron chi connectivity index (χ4n) is 2.21. The Bertz CT molecular complexity index is 672. The minimum atomic E-state index is -5.51. The predicted octanol–water partition coefficient (Wildman–Crippen LogP) is -2.54. The van der Waals surface area contributed by atoms with Crippen LogP contribution in [0.1, 0.15) is 0 Å². The van der Waals surface area contributed by atoms with Gasteiger partial charge in [0, 0.05) is 7.11 Å². The zero-order chi connectivity index (χ0) is 22.8. The van der Waals surface area contributed by atoms with Crippen LogP contribution >= 0.6 is 31.6 Å². The van der Waals surface area contributed by atoms with Gasteiger partial charge in [-0.2, -0.15) is 14.7 Å². The first-order chi connectivity index (χ1) is 12.8. The molecular weight excluding hydrogens is 496 g/mol. The maximum Gasteiger partial charge on any atom is 0.567 e. The summed E-state index contributed by atoms with van der Waals surface area (Å²) in [7, 11) is -20.4. The highest BCUT2D eigenvalue weighted by molar-refractivity contribution is 7.53. The Hall–Kier alpha value is 0.520. The minimum Gasteiger partial charge on any atom is -0.353 e. The monoisotopic (exact) mass is 515 g/mol. The summed E-state index contributed by atoms with van der Waals surface area (Å²) >= 11 is 0. The van der Waals surface area contributed by atoms with E-state index < -0.39 is 69.0 Å². The van der Waals surface area contributed by atoms with Gasteiger partial charge in [0.15, 0.2) is 12.4 Å². The van der Waals surface area contributed by atoms with Gasteiger partial charge in [-0.15, -0.1) is 4.52 Å². The van der Waals surface area contributed by atoms with Crippen molar-refractivity contribution >= 4 is 31.6 Å². The van der Waals surface area contributed by atoms with Crippen LogP contribution in [-0.4, -0.2) is 88.5 Å². The van der Waals surface area contributed by atoms with Crippen LogP contribution < -0.4 is 0 Å². The first-order valence-electron chi connectivity index (χ1n) is 6.93. The summed E-state index contributed by atoms with van der Waals surface area (Å²) in [6.45, 7) is -1.17. The summed E-state index contributed by atoms with van der Waals surface area (Å²) in [5, 5.41) is 0. The van der Waals surface area contributed by atoms with E-state index in [0.29, 0.717) is 0 Å². The molecule has 1 fully saturated rings. The van der Waals surface area contributed by atoms with E-state index in [4.69, 9.17) is 53.5 Å². The van der Waals surface area contributed by atoms with Crippen molar-refractivity contribution in [2.24, 2.45) is 0 Å². The van der Waals surface area contributed by atoms with Gasteiger partial charge in [0.1, 0.15) is 18.3 Å². The van der Waals surface area contributed by atoms with E-state index in [0.717, 1.165) is 7.11 Å². The lowest BCUT2D eigenvalue weighted by Crippen LogP contribution is -2.61. The normalized spacial score (nSPS) is 29.8. The topological polar surface area (TPSA) is 289 Å². The van der Waals surface area contributed by atoms with E-state index in [1.54, 1.807) is 0 Å². The second-order valence-corrected chi connectivity index (χ2v) is 10.1. The molecule has 0 radical (unpaired) electrons. The average Bonchev–Trinajstić information content (AvgIpc) is 2.44. The molecule has 174 valence electrons. The third-order valence-corrected chi connectivity index (χ3v) is 5.06. The molecular formula is C7H19O18P4+. The van der Waals surface area contributed by atoms with Gasteiger partial charge in [0.25, 0.3) is 0 Å². The first-order valence-corrected chi connectivity index (χ1v) is 13.1. The van der Waals surface area contributed by atoms with Crippen molar-refractivity contribution < 1.29 is 85.3 Å². The number of ether oxygens (including phenoxy) is 2. The van der Waals surface area contributed by atoms with Crippen LogP contribution in [0.25, 0.3) is 0 Å². The number of hydrogen-bond donors (Lipinski definition) is 9. The van der Waals surface area contributed by atoms with Crippen LogP contribution in [0.4, 0.5) is 0 Å². The summed E-state index contributed by atoms with van der Waals surface area (Å²) in [5.41, 5.74) is 0. The number of methoxy groups -OCH3 is 1. The van der Waals surface area contributed by atoms with Crippen LogP contribution in [0, 0.1) is 0 Å². The molecule has 0 aliphatic carbocycles. The van der Waals surface area contributed by atoms with E-state index in [2.05, 4.69) is 18.1 Å². The summed E-state index contributed by atoms with van der Waals surface area (Å²) in [5.74, 6) is 0. The highest BCUT2D eigenvalue weighted by atomic mass is 31.2. The van der Waals surface area contributed by atoms with Gasteiger partial charge >= 0.3 is 31.6 Å². The Morgan fingerprint density at radius 2 is 1.31 bits per heavy atom. The Labute approximate surface area is 162 Å². The molecule has 0 aromatic heterocycles. The summed E-state index contributed by atoms with van der Waals surface area (Å²) in [6.07, 6.45) is -10.6. The van der Waals surface area contributed by atoms with Crippen LogP contribution in [-0.2, 0) is 41.3 Å². The van der Waals surface area contributed by atoms with Crippen molar-refractivity contribution in [3.8, 4) is 0 Å².